The van der Waals surface area contributed by atoms with Gasteiger partial charge in [-0.15, -0.1) is 0 Å². The van der Waals surface area contributed by atoms with Crippen molar-refractivity contribution in [2.75, 3.05) is 13.1 Å². The van der Waals surface area contributed by atoms with Crippen LogP contribution in [0.2, 0.25) is 0 Å². The maximum Gasteiger partial charge on any atom is 0.534 e. The number of halogens is 5. The lowest BCUT2D eigenvalue weighted by Gasteiger charge is -2.26. The number of aromatic nitrogens is 1. The summed E-state index contributed by atoms with van der Waals surface area (Å²) in [6.07, 6.45) is 3.60. The molecular formula is C31H29F5N4O6S. The van der Waals surface area contributed by atoms with Gasteiger partial charge in [0.15, 0.2) is 0 Å². The van der Waals surface area contributed by atoms with Crippen molar-refractivity contribution in [3.63, 3.8) is 0 Å². The van der Waals surface area contributed by atoms with E-state index < -0.39 is 76.3 Å². The number of amides is 3. The molecule has 0 unspecified atom stereocenters. The van der Waals surface area contributed by atoms with Gasteiger partial charge in [0, 0.05) is 11.8 Å². The molecule has 2 aliphatic rings. The van der Waals surface area contributed by atoms with E-state index in [9.17, 15) is 44.8 Å². The van der Waals surface area contributed by atoms with Crippen LogP contribution in [0.3, 0.4) is 0 Å². The van der Waals surface area contributed by atoms with Crippen molar-refractivity contribution in [2.24, 2.45) is 5.92 Å². The van der Waals surface area contributed by atoms with Crippen LogP contribution >= 0.6 is 0 Å². The number of carbonyl (C=O) groups excluding carboxylic acids is 3. The van der Waals surface area contributed by atoms with E-state index in [0.29, 0.717) is 22.4 Å². The van der Waals surface area contributed by atoms with Crippen molar-refractivity contribution >= 4 is 44.8 Å². The number of allylic oxidation sites excluding steroid dienone is 1. The van der Waals surface area contributed by atoms with Crippen molar-refractivity contribution in [1.82, 2.24) is 20.5 Å². The van der Waals surface area contributed by atoms with Crippen LogP contribution < -0.4 is 14.8 Å². The minimum atomic E-state index is -5.96. The summed E-state index contributed by atoms with van der Waals surface area (Å²) >= 11 is 0. The van der Waals surface area contributed by atoms with Gasteiger partial charge in [0.05, 0.1) is 24.6 Å². The Hall–Kier alpha value is -4.60. The molecule has 0 spiro atoms. The SMILES string of the molecule is C[C@H](NC(=O)[C@@H]1C[C@@H](F)CN1C(=O)CNC(=O)c1ccc2cc(F)ccc2n1)c1cc(OS(=O)(=O)C(F)(F)F)ccc1/C=C/C1CC1. The standard InChI is InChI=1S/C31H29F5N4O6S/c1-17(24-14-23(46-47(44,45)31(34,35)36)9-6-19(24)5-4-18-2-3-18)38-30(43)27-13-22(33)16-40(27)28(41)15-37-29(42)26-10-7-20-12-21(32)8-11-25(20)39-26/h4-12,14,17-18,22,27H,2-3,13,15-16H2,1H3,(H,37,42)(H,38,43)/b5-4+/t17-,22+,27-/m0/s1. The van der Waals surface area contributed by atoms with Gasteiger partial charge in [0.1, 0.15) is 29.5 Å². The Morgan fingerprint density at radius 1 is 1.11 bits per heavy atom. The molecule has 2 N–H and O–H groups in total. The van der Waals surface area contributed by atoms with Crippen LogP contribution in [0.25, 0.3) is 17.0 Å². The number of hydrogen-bond acceptors (Lipinski definition) is 7. The molecule has 1 aliphatic carbocycles. The zero-order valence-corrected chi connectivity index (χ0v) is 25.6. The Morgan fingerprint density at radius 2 is 1.85 bits per heavy atom. The fourth-order valence-electron chi connectivity index (χ4n) is 5.10. The molecule has 47 heavy (non-hydrogen) atoms. The Kier molecular flexibility index (Phi) is 9.52. The van der Waals surface area contributed by atoms with Gasteiger partial charge < -0.3 is 19.7 Å². The van der Waals surface area contributed by atoms with Crippen LogP contribution in [0.5, 0.6) is 5.75 Å². The van der Waals surface area contributed by atoms with Crippen LogP contribution in [-0.4, -0.2) is 66.8 Å². The molecule has 2 heterocycles. The Morgan fingerprint density at radius 3 is 2.55 bits per heavy atom. The first-order chi connectivity index (χ1) is 22.1. The van der Waals surface area contributed by atoms with E-state index in [2.05, 4.69) is 19.8 Å². The van der Waals surface area contributed by atoms with E-state index in [-0.39, 0.29) is 17.7 Å². The number of hydrogen-bond donors (Lipinski definition) is 2. The smallest absolute Gasteiger partial charge is 0.376 e. The molecule has 5 rings (SSSR count). The number of fused-ring (bicyclic) bond motifs is 1. The monoisotopic (exact) mass is 680 g/mol. The number of rotatable bonds is 10. The van der Waals surface area contributed by atoms with Crippen molar-refractivity contribution < 1.29 is 48.9 Å². The van der Waals surface area contributed by atoms with E-state index in [0.717, 1.165) is 29.9 Å². The van der Waals surface area contributed by atoms with Gasteiger partial charge >= 0.3 is 15.6 Å². The number of benzene rings is 2. The molecule has 2 fully saturated rings. The van der Waals surface area contributed by atoms with Gasteiger partial charge in [-0.05, 0) is 73.2 Å². The molecule has 3 atom stereocenters. The largest absolute Gasteiger partial charge is 0.534 e. The molecule has 1 aliphatic heterocycles. The lowest BCUT2D eigenvalue weighted by atomic mass is 9.99. The van der Waals surface area contributed by atoms with Crippen molar-refractivity contribution in [3.8, 4) is 5.75 Å². The normalized spacial score (nSPS) is 19.1. The molecule has 16 heteroatoms. The molecule has 10 nitrogen and oxygen atoms in total. The second-order valence-corrected chi connectivity index (χ2v) is 12.8. The number of likely N-dealkylation sites (tertiary alicyclic amines) is 1. The quantitative estimate of drug-likeness (QED) is 0.182. The minimum Gasteiger partial charge on any atom is -0.376 e. The van der Waals surface area contributed by atoms with Crippen LogP contribution in [0.4, 0.5) is 22.0 Å². The minimum absolute atomic E-state index is 0.0504. The summed E-state index contributed by atoms with van der Waals surface area (Å²) in [4.78, 5) is 44.2. The number of alkyl halides is 4. The van der Waals surface area contributed by atoms with Gasteiger partial charge in [-0.2, -0.15) is 21.6 Å². The van der Waals surface area contributed by atoms with E-state index in [1.165, 1.54) is 43.3 Å². The van der Waals surface area contributed by atoms with Crippen LogP contribution in [0.1, 0.15) is 53.8 Å². The third kappa shape index (κ3) is 8.04. The van der Waals surface area contributed by atoms with E-state index >= 15 is 0 Å². The predicted octanol–water partition coefficient (Wildman–Crippen LogP) is 4.57. The second-order valence-electron chi connectivity index (χ2n) is 11.3. The van der Waals surface area contributed by atoms with Gasteiger partial charge in [-0.25, -0.2) is 13.8 Å². The van der Waals surface area contributed by atoms with Gasteiger partial charge in [-0.1, -0.05) is 24.3 Å². The maximum atomic E-state index is 14.5. The molecular weight excluding hydrogens is 651 g/mol. The average Bonchev–Trinajstić information content (AvgIpc) is 3.76. The van der Waals surface area contributed by atoms with E-state index in [4.69, 9.17) is 0 Å². The summed E-state index contributed by atoms with van der Waals surface area (Å²) in [5, 5.41) is 5.49. The highest BCUT2D eigenvalue weighted by molar-refractivity contribution is 7.88. The highest BCUT2D eigenvalue weighted by Crippen LogP contribution is 2.34. The summed E-state index contributed by atoms with van der Waals surface area (Å²) in [7, 11) is -5.96. The molecule has 2 aromatic carbocycles. The highest BCUT2D eigenvalue weighted by atomic mass is 32.2. The van der Waals surface area contributed by atoms with Gasteiger partial charge in [0.25, 0.3) is 5.91 Å². The molecule has 1 saturated carbocycles. The molecule has 0 bridgehead atoms. The first kappa shape index (κ1) is 33.8. The van der Waals surface area contributed by atoms with Crippen molar-refractivity contribution in [1.29, 1.82) is 0 Å². The summed E-state index contributed by atoms with van der Waals surface area (Å²) in [6, 6.07) is 7.90. The molecule has 1 saturated heterocycles. The molecule has 3 amide bonds. The zero-order chi connectivity index (χ0) is 34.1. The first-order valence-corrected chi connectivity index (χ1v) is 15.9. The van der Waals surface area contributed by atoms with Gasteiger partial charge in [0.2, 0.25) is 11.8 Å². The Bertz CT molecular complexity index is 1850. The van der Waals surface area contributed by atoms with Crippen LogP contribution in [-0.2, 0) is 19.7 Å². The summed E-state index contributed by atoms with van der Waals surface area (Å²) in [5.41, 5.74) is -4.67. The maximum absolute atomic E-state index is 14.5. The lowest BCUT2D eigenvalue weighted by Crippen LogP contribution is -2.49. The number of carbonyl (C=O) groups is 3. The van der Waals surface area contributed by atoms with Crippen molar-refractivity contribution in [2.45, 2.75) is 49.9 Å². The zero-order valence-electron chi connectivity index (χ0n) is 24.8. The van der Waals surface area contributed by atoms with Crippen molar-refractivity contribution in [3.05, 3.63) is 77.2 Å². The first-order valence-electron chi connectivity index (χ1n) is 14.5. The third-order valence-electron chi connectivity index (χ3n) is 7.70. The lowest BCUT2D eigenvalue weighted by molar-refractivity contribution is -0.138. The molecule has 3 aromatic rings. The molecule has 1 aromatic heterocycles. The van der Waals surface area contributed by atoms with E-state index in [1.807, 2.05) is 6.08 Å². The average molecular weight is 681 g/mol. The third-order valence-corrected chi connectivity index (χ3v) is 8.68. The van der Waals surface area contributed by atoms with E-state index in [1.54, 1.807) is 6.08 Å². The van der Waals surface area contributed by atoms with Gasteiger partial charge in [-0.3, -0.25) is 14.4 Å². The fraction of sp³-hybridized carbons (Fsp3) is 0.355. The number of nitrogens with one attached hydrogen (secondary N) is 2. The van der Waals surface area contributed by atoms with Crippen LogP contribution in [0.15, 0.2) is 54.6 Å². The topological polar surface area (TPSA) is 135 Å². The highest BCUT2D eigenvalue weighted by Gasteiger charge is 2.48. The number of nitrogens with zero attached hydrogens (tertiary/aromatic N) is 2. The fourth-order valence-corrected chi connectivity index (χ4v) is 5.55. The Labute approximate surface area is 266 Å². The molecule has 0 radical (unpaired) electrons. The Balaban J connectivity index is 1.27. The summed E-state index contributed by atoms with van der Waals surface area (Å²) in [5.74, 6) is -3.04. The van der Waals surface area contributed by atoms with Crippen LogP contribution in [0, 0.1) is 11.7 Å². The number of pyridine rings is 1. The molecule has 250 valence electrons. The predicted molar refractivity (Wildman–Crippen MR) is 159 cm³/mol. The summed E-state index contributed by atoms with van der Waals surface area (Å²) in [6.45, 7) is 0.481. The summed E-state index contributed by atoms with van der Waals surface area (Å²) < 4.78 is 94.2. The second kappa shape index (κ2) is 13.3.